The first-order valence-electron chi connectivity index (χ1n) is 10.6. The van der Waals surface area contributed by atoms with Crippen molar-refractivity contribution < 1.29 is 13.2 Å². The molecule has 1 spiro atoms. The minimum atomic E-state index is -3.69. The van der Waals surface area contributed by atoms with Crippen LogP contribution in [0.2, 0.25) is 0 Å². The number of thioether (sulfide) groups is 2. The second-order valence-electron chi connectivity index (χ2n) is 8.37. The summed E-state index contributed by atoms with van der Waals surface area (Å²) >= 11 is 5.51. The number of hydrogen-bond acceptors (Lipinski definition) is 7. The highest BCUT2D eigenvalue weighted by Crippen LogP contribution is 2.64. The molecule has 166 valence electrons. The molecule has 0 radical (unpaired) electrons. The van der Waals surface area contributed by atoms with Gasteiger partial charge >= 0.3 is 0 Å². The zero-order chi connectivity index (χ0) is 21.5. The molecule has 1 aromatic carbocycles. The molecule has 5 rings (SSSR count). The lowest BCUT2D eigenvalue weighted by Gasteiger charge is -2.52. The summed E-state index contributed by atoms with van der Waals surface area (Å²) in [6.07, 6.45) is 7.24. The molecular weight excluding hydrogens is 471 g/mol. The SMILES string of the molecule is O=C(Nc1ccc(S(=O)(=O)Nc2nccs2)cc1)C1C[C@H]2CCC[C@@H](C1)C21SCCS1. The molecule has 2 saturated carbocycles. The van der Waals surface area contributed by atoms with Gasteiger partial charge in [-0.15, -0.1) is 34.9 Å². The number of rotatable bonds is 5. The van der Waals surface area contributed by atoms with E-state index in [9.17, 15) is 13.2 Å². The normalized spacial score (nSPS) is 27.2. The smallest absolute Gasteiger partial charge is 0.263 e. The van der Waals surface area contributed by atoms with Crippen molar-refractivity contribution in [2.24, 2.45) is 17.8 Å². The van der Waals surface area contributed by atoms with Crippen LogP contribution in [0, 0.1) is 17.8 Å². The number of benzene rings is 1. The number of carbonyl (C=O) groups excluding carboxylic acids is 1. The summed E-state index contributed by atoms with van der Waals surface area (Å²) in [6, 6.07) is 6.34. The van der Waals surface area contributed by atoms with Crippen LogP contribution in [0.5, 0.6) is 0 Å². The molecule has 31 heavy (non-hydrogen) atoms. The van der Waals surface area contributed by atoms with E-state index in [1.165, 1.54) is 54.2 Å². The Balaban J connectivity index is 1.24. The highest BCUT2D eigenvalue weighted by Gasteiger charge is 2.55. The summed E-state index contributed by atoms with van der Waals surface area (Å²) in [5.74, 6) is 3.83. The summed E-state index contributed by atoms with van der Waals surface area (Å²) in [5, 5.41) is 5.07. The monoisotopic (exact) mass is 495 g/mol. The van der Waals surface area contributed by atoms with Crippen molar-refractivity contribution in [3.63, 3.8) is 0 Å². The number of hydrogen-bond donors (Lipinski definition) is 2. The van der Waals surface area contributed by atoms with Crippen LogP contribution in [0.25, 0.3) is 0 Å². The lowest BCUT2D eigenvalue weighted by Crippen LogP contribution is -2.48. The maximum absolute atomic E-state index is 13.0. The second kappa shape index (κ2) is 8.61. The molecule has 3 fully saturated rings. The Morgan fingerprint density at radius 3 is 2.35 bits per heavy atom. The molecule has 3 aliphatic rings. The highest BCUT2D eigenvalue weighted by molar-refractivity contribution is 8.21. The zero-order valence-electron chi connectivity index (χ0n) is 17.0. The van der Waals surface area contributed by atoms with Gasteiger partial charge in [0.2, 0.25) is 5.91 Å². The molecule has 2 heterocycles. The van der Waals surface area contributed by atoms with Gasteiger partial charge in [-0.2, -0.15) is 0 Å². The molecule has 1 unspecified atom stereocenters. The van der Waals surface area contributed by atoms with Gasteiger partial charge in [0.1, 0.15) is 0 Å². The molecule has 10 heteroatoms. The fraction of sp³-hybridized carbons (Fsp3) is 0.524. The van der Waals surface area contributed by atoms with Crippen LogP contribution in [0.15, 0.2) is 40.7 Å². The van der Waals surface area contributed by atoms with E-state index in [2.05, 4.69) is 38.5 Å². The van der Waals surface area contributed by atoms with E-state index in [0.29, 0.717) is 26.7 Å². The Labute approximate surface area is 195 Å². The molecule has 2 aromatic rings. The average Bonchev–Trinajstić information content (AvgIpc) is 3.41. The van der Waals surface area contributed by atoms with Gasteiger partial charge in [-0.3, -0.25) is 9.52 Å². The number of amides is 1. The van der Waals surface area contributed by atoms with Crippen LogP contribution >= 0.6 is 34.9 Å². The highest BCUT2D eigenvalue weighted by atomic mass is 32.2. The predicted octanol–water partition coefficient (Wildman–Crippen LogP) is 4.89. The van der Waals surface area contributed by atoms with Crippen LogP contribution in [0.4, 0.5) is 10.8 Å². The van der Waals surface area contributed by atoms with Crippen molar-refractivity contribution in [1.82, 2.24) is 4.98 Å². The van der Waals surface area contributed by atoms with E-state index >= 15 is 0 Å². The number of carbonyl (C=O) groups is 1. The van der Waals surface area contributed by atoms with Crippen molar-refractivity contribution in [2.45, 2.75) is 41.1 Å². The lowest BCUT2D eigenvalue weighted by atomic mass is 9.67. The Morgan fingerprint density at radius 2 is 1.74 bits per heavy atom. The van der Waals surface area contributed by atoms with E-state index < -0.39 is 10.0 Å². The minimum Gasteiger partial charge on any atom is -0.326 e. The fourth-order valence-electron chi connectivity index (χ4n) is 5.23. The third-order valence-electron chi connectivity index (χ3n) is 6.58. The first-order valence-corrected chi connectivity index (χ1v) is 14.9. The van der Waals surface area contributed by atoms with Gasteiger partial charge in [-0.1, -0.05) is 6.42 Å². The molecule has 2 aliphatic carbocycles. The van der Waals surface area contributed by atoms with Crippen molar-refractivity contribution in [1.29, 1.82) is 0 Å². The van der Waals surface area contributed by atoms with Crippen LogP contribution < -0.4 is 10.0 Å². The summed E-state index contributed by atoms with van der Waals surface area (Å²) < 4.78 is 27.8. The van der Waals surface area contributed by atoms with Gasteiger partial charge in [-0.25, -0.2) is 13.4 Å². The quantitative estimate of drug-likeness (QED) is 0.614. The summed E-state index contributed by atoms with van der Waals surface area (Å²) in [6.45, 7) is 0. The van der Waals surface area contributed by atoms with E-state index in [0.717, 1.165) is 12.8 Å². The van der Waals surface area contributed by atoms with Crippen molar-refractivity contribution in [3.05, 3.63) is 35.8 Å². The van der Waals surface area contributed by atoms with Gasteiger partial charge in [-0.05, 0) is 61.8 Å². The maximum Gasteiger partial charge on any atom is 0.263 e. The Hall–Kier alpha value is -1.23. The van der Waals surface area contributed by atoms with Gasteiger partial charge in [0.05, 0.1) is 8.97 Å². The molecule has 2 bridgehead atoms. The largest absolute Gasteiger partial charge is 0.326 e. The standard InChI is InChI=1S/C21H25N3O3S4/c25-19(14-12-15-2-1-3-16(13-14)21(15)29-10-11-30-21)23-17-4-6-18(7-5-17)31(26,27)24-20-22-8-9-28-20/h4-9,14-16H,1-3,10-13H2,(H,22,24)(H,23,25)/t14?,15-,16+. The molecule has 1 saturated heterocycles. The fourth-order valence-corrected chi connectivity index (χ4v) is 11.0. The second-order valence-corrected chi connectivity index (χ2v) is 13.9. The van der Waals surface area contributed by atoms with Crippen LogP contribution in [0.3, 0.4) is 0 Å². The van der Waals surface area contributed by atoms with E-state index in [4.69, 9.17) is 0 Å². The first kappa shape index (κ1) is 21.6. The number of thiazole rings is 1. The molecular formula is C21H25N3O3S4. The van der Waals surface area contributed by atoms with Crippen molar-refractivity contribution >= 4 is 61.6 Å². The van der Waals surface area contributed by atoms with Gasteiger partial charge in [0.15, 0.2) is 5.13 Å². The maximum atomic E-state index is 13.0. The molecule has 6 nitrogen and oxygen atoms in total. The third-order valence-corrected chi connectivity index (χ3v) is 12.8. The van der Waals surface area contributed by atoms with E-state index in [-0.39, 0.29) is 16.7 Å². The summed E-state index contributed by atoms with van der Waals surface area (Å²) in [5.41, 5.74) is 0.633. The number of sulfonamides is 1. The zero-order valence-corrected chi connectivity index (χ0v) is 20.2. The third kappa shape index (κ3) is 4.24. The van der Waals surface area contributed by atoms with Gasteiger partial charge in [0.25, 0.3) is 10.0 Å². The van der Waals surface area contributed by atoms with Gasteiger partial charge < -0.3 is 5.32 Å². The van der Waals surface area contributed by atoms with Crippen molar-refractivity contribution in [3.8, 4) is 0 Å². The summed E-state index contributed by atoms with van der Waals surface area (Å²) in [4.78, 5) is 17.1. The van der Waals surface area contributed by atoms with Crippen molar-refractivity contribution in [2.75, 3.05) is 21.5 Å². The average molecular weight is 496 g/mol. The van der Waals surface area contributed by atoms with Crippen LogP contribution in [-0.4, -0.2) is 34.9 Å². The number of anilines is 2. The predicted molar refractivity (Wildman–Crippen MR) is 129 cm³/mol. The summed E-state index contributed by atoms with van der Waals surface area (Å²) in [7, 11) is -3.69. The Morgan fingerprint density at radius 1 is 1.06 bits per heavy atom. The van der Waals surface area contributed by atoms with Gasteiger partial charge in [0, 0.05) is 34.7 Å². The number of aromatic nitrogens is 1. The lowest BCUT2D eigenvalue weighted by molar-refractivity contribution is -0.122. The Kier molecular flexibility index (Phi) is 6.00. The molecule has 3 atom stereocenters. The molecule has 1 amide bonds. The number of nitrogens with zero attached hydrogens (tertiary/aromatic N) is 1. The van der Waals surface area contributed by atoms with Crippen LogP contribution in [0.1, 0.15) is 32.1 Å². The molecule has 1 aliphatic heterocycles. The number of nitrogens with one attached hydrogen (secondary N) is 2. The topological polar surface area (TPSA) is 88.2 Å². The van der Waals surface area contributed by atoms with E-state index in [1.54, 1.807) is 23.7 Å². The Bertz CT molecular complexity index is 1020. The first-order chi connectivity index (χ1) is 15.0. The molecule has 2 N–H and O–H groups in total. The van der Waals surface area contributed by atoms with Crippen LogP contribution in [-0.2, 0) is 14.8 Å². The molecule has 1 aromatic heterocycles. The van der Waals surface area contributed by atoms with E-state index in [1.807, 2.05) is 0 Å². The minimum absolute atomic E-state index is 0.0395.